The highest BCUT2D eigenvalue weighted by atomic mass is 16.5. The number of anilines is 2. The molecule has 21 heavy (non-hydrogen) atoms. The van der Waals surface area contributed by atoms with Crippen LogP contribution in [0.15, 0.2) is 5.10 Å². The minimum atomic E-state index is -0.274. The lowest BCUT2D eigenvalue weighted by atomic mass is 9.99. The number of hydrogen-bond donors (Lipinski definition) is 2. The molecule has 2 N–H and O–H groups in total. The summed E-state index contributed by atoms with van der Waals surface area (Å²) in [5, 5.41) is 23.9. The highest BCUT2D eigenvalue weighted by molar-refractivity contribution is 6.10. The fourth-order valence-electron chi connectivity index (χ4n) is 2.12. The van der Waals surface area contributed by atoms with Gasteiger partial charge >= 0.3 is 0 Å². The molecule has 0 aromatic heterocycles. The molecule has 7 nitrogen and oxygen atoms in total. The van der Waals surface area contributed by atoms with E-state index in [1.165, 1.54) is 0 Å². The minimum absolute atomic E-state index is 0.00926. The number of hydrogen-bond acceptors (Lipinski definition) is 6. The topological polar surface area (TPSA) is 110 Å². The highest BCUT2D eigenvalue weighted by Crippen LogP contribution is 2.41. The van der Waals surface area contributed by atoms with Gasteiger partial charge in [-0.3, -0.25) is 10.2 Å². The van der Waals surface area contributed by atoms with Crippen LogP contribution in [-0.4, -0.2) is 18.2 Å². The first-order valence-corrected chi connectivity index (χ1v) is 6.19. The van der Waals surface area contributed by atoms with Crippen molar-refractivity contribution in [2.75, 3.05) is 17.3 Å². The maximum Gasteiger partial charge on any atom is 0.262 e. The predicted molar refractivity (Wildman–Crippen MR) is 77.1 cm³/mol. The second-order valence-electron chi connectivity index (χ2n) is 4.59. The van der Waals surface area contributed by atoms with Crippen LogP contribution < -0.4 is 15.5 Å². The fourth-order valence-corrected chi connectivity index (χ4v) is 2.12. The molecular formula is C14H13N5O2. The maximum absolute atomic E-state index is 11.5. The molecule has 0 radical (unpaired) electrons. The Morgan fingerprint density at radius 2 is 1.90 bits per heavy atom. The average Bonchev–Trinajstić information content (AvgIpc) is 2.48. The zero-order chi connectivity index (χ0) is 15.6. The molecule has 0 bridgehead atoms. The normalized spacial score (nSPS) is 12.1. The van der Waals surface area contributed by atoms with Gasteiger partial charge in [-0.05, 0) is 31.9 Å². The smallest absolute Gasteiger partial charge is 0.262 e. The second-order valence-corrected chi connectivity index (χ2v) is 4.59. The van der Waals surface area contributed by atoms with Gasteiger partial charge in [0.15, 0.2) is 6.61 Å². The van der Waals surface area contributed by atoms with Gasteiger partial charge in [-0.2, -0.15) is 15.6 Å². The van der Waals surface area contributed by atoms with Gasteiger partial charge < -0.3 is 10.1 Å². The van der Waals surface area contributed by atoms with Crippen molar-refractivity contribution < 1.29 is 9.53 Å². The van der Waals surface area contributed by atoms with Crippen LogP contribution in [0.1, 0.15) is 16.7 Å². The van der Waals surface area contributed by atoms with E-state index in [0.29, 0.717) is 17.1 Å². The number of ether oxygens (including phenoxy) is 1. The highest BCUT2D eigenvalue weighted by Gasteiger charge is 2.24. The Hall–Kier alpha value is -3.06. The molecule has 0 spiro atoms. The van der Waals surface area contributed by atoms with Crippen molar-refractivity contribution in [1.82, 2.24) is 0 Å². The molecule has 1 aliphatic heterocycles. The van der Waals surface area contributed by atoms with Crippen LogP contribution in [-0.2, 0) is 4.79 Å². The van der Waals surface area contributed by atoms with Crippen LogP contribution in [0.4, 0.5) is 11.4 Å². The number of carbonyl (C=O) groups excluding carboxylic acids is 1. The second kappa shape index (κ2) is 5.51. The number of carbonyl (C=O) groups is 1. The standard InChI is InChI=1S/C14H13N5O2/c1-7-8(2)14-13(17-11(20)6-21-14)9(3)12(7)19-18-10(4-15)5-16/h19H,6H2,1-3H3,(H,17,20). The SMILES string of the molecule is Cc1c(C)c2c(c(C)c1NN=C(C#N)C#N)NC(=O)CO2. The zero-order valence-corrected chi connectivity index (χ0v) is 11.9. The molecule has 0 saturated carbocycles. The molecule has 1 aromatic rings. The van der Waals surface area contributed by atoms with Gasteiger partial charge in [0.2, 0.25) is 5.71 Å². The van der Waals surface area contributed by atoms with Crippen LogP contribution in [0, 0.1) is 43.4 Å². The average molecular weight is 283 g/mol. The Labute approximate surface area is 121 Å². The van der Waals surface area contributed by atoms with Crippen LogP contribution in [0.3, 0.4) is 0 Å². The van der Waals surface area contributed by atoms with Crippen molar-refractivity contribution in [1.29, 1.82) is 10.5 Å². The Bertz CT molecular complexity index is 721. The van der Waals surface area contributed by atoms with Gasteiger partial charge in [0.05, 0.1) is 11.4 Å². The summed E-state index contributed by atoms with van der Waals surface area (Å²) in [6.07, 6.45) is 0. The molecule has 0 aliphatic carbocycles. The van der Waals surface area contributed by atoms with E-state index in [1.807, 2.05) is 13.8 Å². The van der Waals surface area contributed by atoms with Crippen molar-refractivity contribution in [2.24, 2.45) is 5.10 Å². The van der Waals surface area contributed by atoms with Crippen LogP contribution in [0.25, 0.3) is 0 Å². The summed E-state index contributed by atoms with van der Waals surface area (Å²) in [5.74, 6) is 0.415. The molecule has 7 heteroatoms. The van der Waals surface area contributed by atoms with E-state index in [-0.39, 0.29) is 18.2 Å². The largest absolute Gasteiger partial charge is 0.481 e. The minimum Gasteiger partial charge on any atom is -0.481 e. The van der Waals surface area contributed by atoms with Crippen molar-refractivity contribution >= 4 is 23.0 Å². The summed E-state index contributed by atoms with van der Waals surface area (Å²) in [6.45, 7) is 5.54. The summed E-state index contributed by atoms with van der Waals surface area (Å²) < 4.78 is 5.47. The molecule has 0 unspecified atom stereocenters. The Morgan fingerprint density at radius 1 is 1.24 bits per heavy atom. The number of benzene rings is 1. The summed E-state index contributed by atoms with van der Waals surface area (Å²) in [6, 6.07) is 3.35. The lowest BCUT2D eigenvalue weighted by Crippen LogP contribution is -2.27. The van der Waals surface area contributed by atoms with E-state index in [4.69, 9.17) is 15.3 Å². The van der Waals surface area contributed by atoms with Gasteiger partial charge in [-0.25, -0.2) is 0 Å². The van der Waals surface area contributed by atoms with Crippen LogP contribution >= 0.6 is 0 Å². The van der Waals surface area contributed by atoms with Crippen molar-refractivity contribution in [3.8, 4) is 17.9 Å². The number of amides is 1. The van der Waals surface area contributed by atoms with Gasteiger partial charge in [-0.15, -0.1) is 0 Å². The third kappa shape index (κ3) is 2.49. The molecule has 2 rings (SSSR count). The van der Waals surface area contributed by atoms with Gasteiger partial charge in [-0.1, -0.05) is 0 Å². The van der Waals surface area contributed by atoms with E-state index in [9.17, 15) is 4.79 Å². The number of nitriles is 2. The molecule has 106 valence electrons. The number of hydrazone groups is 1. The lowest BCUT2D eigenvalue weighted by Gasteiger charge is -2.25. The summed E-state index contributed by atoms with van der Waals surface area (Å²) >= 11 is 0. The first-order valence-electron chi connectivity index (χ1n) is 6.19. The maximum atomic E-state index is 11.5. The molecule has 1 aromatic carbocycles. The molecule has 0 saturated heterocycles. The number of nitrogens with one attached hydrogen (secondary N) is 2. The van der Waals surface area contributed by atoms with Gasteiger partial charge in [0, 0.05) is 5.56 Å². The predicted octanol–water partition coefficient (Wildman–Crippen LogP) is 1.76. The van der Waals surface area contributed by atoms with Crippen molar-refractivity contribution in [3.63, 3.8) is 0 Å². The van der Waals surface area contributed by atoms with E-state index >= 15 is 0 Å². The zero-order valence-electron chi connectivity index (χ0n) is 11.9. The Morgan fingerprint density at radius 3 is 2.52 bits per heavy atom. The van der Waals surface area contributed by atoms with Crippen LogP contribution in [0.5, 0.6) is 5.75 Å². The molecule has 1 amide bonds. The first-order chi connectivity index (χ1) is 9.99. The number of rotatable bonds is 2. The van der Waals surface area contributed by atoms with E-state index in [1.54, 1.807) is 19.1 Å². The molecule has 0 fully saturated rings. The number of fused-ring (bicyclic) bond motifs is 1. The lowest BCUT2D eigenvalue weighted by molar-refractivity contribution is -0.118. The summed E-state index contributed by atoms with van der Waals surface area (Å²) in [5.41, 5.74) is 6.15. The third-order valence-electron chi connectivity index (χ3n) is 3.36. The fraction of sp³-hybridized carbons (Fsp3) is 0.286. The Balaban J connectivity index is 2.54. The Kier molecular flexibility index (Phi) is 3.77. The van der Waals surface area contributed by atoms with E-state index in [2.05, 4.69) is 15.8 Å². The first kappa shape index (κ1) is 14.4. The quantitative estimate of drug-likeness (QED) is 0.634. The summed E-state index contributed by atoms with van der Waals surface area (Å²) in [7, 11) is 0. The molecule has 1 heterocycles. The molecule has 1 aliphatic rings. The molecular weight excluding hydrogens is 270 g/mol. The monoisotopic (exact) mass is 283 g/mol. The van der Waals surface area contributed by atoms with Crippen molar-refractivity contribution in [3.05, 3.63) is 16.7 Å². The van der Waals surface area contributed by atoms with E-state index in [0.717, 1.165) is 16.7 Å². The third-order valence-corrected chi connectivity index (χ3v) is 3.36. The van der Waals surface area contributed by atoms with E-state index < -0.39 is 0 Å². The van der Waals surface area contributed by atoms with Gasteiger partial charge in [0.1, 0.15) is 17.9 Å². The number of nitrogens with zero attached hydrogens (tertiary/aromatic N) is 3. The molecule has 0 atom stereocenters. The van der Waals surface area contributed by atoms with Gasteiger partial charge in [0.25, 0.3) is 5.91 Å². The summed E-state index contributed by atoms with van der Waals surface area (Å²) in [4.78, 5) is 11.5. The van der Waals surface area contributed by atoms with Crippen molar-refractivity contribution in [2.45, 2.75) is 20.8 Å². The van der Waals surface area contributed by atoms with Crippen LogP contribution in [0.2, 0.25) is 0 Å².